The Balaban J connectivity index is 1.64. The third-order valence-corrected chi connectivity index (χ3v) is 3.83. The summed E-state index contributed by atoms with van der Waals surface area (Å²) in [5, 5.41) is 3.53. The zero-order chi connectivity index (χ0) is 14.7. The second-order valence-corrected chi connectivity index (χ2v) is 5.27. The molecule has 0 fully saturated rings. The van der Waals surface area contributed by atoms with Gasteiger partial charge in [-0.15, -0.1) is 0 Å². The Bertz CT molecular complexity index is 628. The predicted molar refractivity (Wildman–Crippen MR) is 81.7 cm³/mol. The lowest BCUT2D eigenvalue weighted by molar-refractivity contribution is 0.356. The van der Waals surface area contributed by atoms with Crippen LogP contribution in [0.1, 0.15) is 29.7 Å². The number of fused-ring (bicyclic) bond motifs is 1. The number of benzene rings is 1. The van der Waals surface area contributed by atoms with E-state index in [2.05, 4.69) is 35.4 Å². The van der Waals surface area contributed by atoms with E-state index in [1.165, 1.54) is 11.1 Å². The largest absolute Gasteiger partial charge is 0.493 e. The van der Waals surface area contributed by atoms with Crippen molar-refractivity contribution >= 4 is 0 Å². The van der Waals surface area contributed by atoms with E-state index in [1.807, 2.05) is 12.1 Å². The van der Waals surface area contributed by atoms with Crippen LogP contribution in [0.25, 0.3) is 0 Å². The van der Waals surface area contributed by atoms with Crippen LogP contribution in [-0.2, 0) is 13.0 Å². The van der Waals surface area contributed by atoms with Crippen molar-refractivity contribution in [3.05, 3.63) is 53.2 Å². The molecule has 1 aromatic heterocycles. The van der Waals surface area contributed by atoms with Gasteiger partial charge in [0, 0.05) is 31.3 Å². The lowest BCUT2D eigenvalue weighted by Gasteiger charge is -2.15. The summed E-state index contributed by atoms with van der Waals surface area (Å²) in [6, 6.07) is 10.7. The number of pyridine rings is 1. The first kappa shape index (κ1) is 13.9. The zero-order valence-corrected chi connectivity index (χ0v) is 12.4. The van der Waals surface area contributed by atoms with E-state index in [9.17, 15) is 0 Å². The van der Waals surface area contributed by atoms with Gasteiger partial charge < -0.3 is 14.8 Å². The summed E-state index contributed by atoms with van der Waals surface area (Å²) in [5.41, 5.74) is 3.77. The van der Waals surface area contributed by atoms with E-state index >= 15 is 0 Å². The van der Waals surface area contributed by atoms with Crippen LogP contribution in [0.2, 0.25) is 0 Å². The number of nitrogens with one attached hydrogen (secondary N) is 1. The van der Waals surface area contributed by atoms with Gasteiger partial charge in [-0.1, -0.05) is 12.1 Å². The van der Waals surface area contributed by atoms with Gasteiger partial charge in [-0.3, -0.25) is 0 Å². The smallest absolute Gasteiger partial charge is 0.213 e. The number of nitrogens with zero attached hydrogens (tertiary/aromatic N) is 1. The van der Waals surface area contributed by atoms with Crippen LogP contribution < -0.4 is 14.8 Å². The molecule has 1 aliphatic heterocycles. The van der Waals surface area contributed by atoms with Crippen molar-refractivity contribution in [3.8, 4) is 11.6 Å². The quantitative estimate of drug-likeness (QED) is 0.917. The molecule has 0 saturated heterocycles. The first-order valence-corrected chi connectivity index (χ1v) is 7.24. The fraction of sp³-hybridized carbons (Fsp3) is 0.353. The fourth-order valence-corrected chi connectivity index (χ4v) is 2.54. The molecule has 0 amide bonds. The predicted octanol–water partition coefficient (Wildman–Crippen LogP) is 2.88. The molecule has 2 aromatic rings. The highest BCUT2D eigenvalue weighted by Crippen LogP contribution is 2.28. The minimum Gasteiger partial charge on any atom is -0.493 e. The molecule has 3 rings (SSSR count). The highest BCUT2D eigenvalue weighted by atomic mass is 16.5. The van der Waals surface area contributed by atoms with Crippen LogP contribution in [0.4, 0.5) is 0 Å². The minimum atomic E-state index is 0.287. The molecule has 1 unspecified atom stereocenters. The SMILES string of the molecule is COc1cc(CNC(C)c2ccc3c(c2)CCO3)ccn1. The molecular weight excluding hydrogens is 264 g/mol. The van der Waals surface area contributed by atoms with Crippen molar-refractivity contribution in [2.24, 2.45) is 0 Å². The first-order valence-electron chi connectivity index (χ1n) is 7.24. The number of hydrogen-bond acceptors (Lipinski definition) is 4. The maximum atomic E-state index is 5.55. The summed E-state index contributed by atoms with van der Waals surface area (Å²) < 4.78 is 10.7. The Hall–Kier alpha value is -2.07. The maximum Gasteiger partial charge on any atom is 0.213 e. The number of ether oxygens (including phenoxy) is 2. The van der Waals surface area contributed by atoms with Crippen LogP contribution in [0.15, 0.2) is 36.5 Å². The standard InChI is InChI=1S/C17H20N2O2/c1-12(14-3-4-16-15(10-14)6-8-21-16)19-11-13-5-7-18-17(9-13)20-2/h3-5,7,9-10,12,19H,6,8,11H2,1-2H3. The molecule has 1 aromatic carbocycles. The molecule has 1 aliphatic rings. The number of hydrogen-bond donors (Lipinski definition) is 1. The second-order valence-electron chi connectivity index (χ2n) is 5.27. The molecule has 0 radical (unpaired) electrons. The lowest BCUT2D eigenvalue weighted by atomic mass is 10.0. The molecule has 4 nitrogen and oxygen atoms in total. The van der Waals surface area contributed by atoms with Gasteiger partial charge in [0.1, 0.15) is 5.75 Å². The molecule has 4 heteroatoms. The molecule has 1 N–H and O–H groups in total. The number of rotatable bonds is 5. The molecule has 1 atom stereocenters. The van der Waals surface area contributed by atoms with E-state index in [1.54, 1.807) is 13.3 Å². The highest BCUT2D eigenvalue weighted by molar-refractivity contribution is 5.40. The zero-order valence-electron chi connectivity index (χ0n) is 12.4. The van der Waals surface area contributed by atoms with Gasteiger partial charge in [0.05, 0.1) is 13.7 Å². The molecule has 2 heterocycles. The van der Waals surface area contributed by atoms with Gasteiger partial charge in [0.25, 0.3) is 0 Å². The van der Waals surface area contributed by atoms with E-state index in [4.69, 9.17) is 9.47 Å². The van der Waals surface area contributed by atoms with Crippen molar-refractivity contribution < 1.29 is 9.47 Å². The molecule has 21 heavy (non-hydrogen) atoms. The van der Waals surface area contributed by atoms with Gasteiger partial charge in [-0.05, 0) is 35.7 Å². The van der Waals surface area contributed by atoms with E-state index in [-0.39, 0.29) is 6.04 Å². The summed E-state index contributed by atoms with van der Waals surface area (Å²) in [7, 11) is 1.63. The van der Waals surface area contributed by atoms with E-state index in [0.717, 1.165) is 30.9 Å². The molecule has 0 aliphatic carbocycles. The van der Waals surface area contributed by atoms with Gasteiger partial charge >= 0.3 is 0 Å². The van der Waals surface area contributed by atoms with Crippen LogP contribution in [0.5, 0.6) is 11.6 Å². The Morgan fingerprint density at radius 2 is 2.24 bits per heavy atom. The topological polar surface area (TPSA) is 43.4 Å². The maximum absolute atomic E-state index is 5.55. The van der Waals surface area contributed by atoms with Gasteiger partial charge in [-0.25, -0.2) is 4.98 Å². The molecule has 0 bridgehead atoms. The Kier molecular flexibility index (Phi) is 4.06. The van der Waals surface area contributed by atoms with Crippen LogP contribution in [-0.4, -0.2) is 18.7 Å². The number of methoxy groups -OCH3 is 1. The third-order valence-electron chi connectivity index (χ3n) is 3.83. The summed E-state index contributed by atoms with van der Waals surface area (Å²) in [6.45, 7) is 3.76. The van der Waals surface area contributed by atoms with Crippen molar-refractivity contribution in [1.29, 1.82) is 0 Å². The van der Waals surface area contributed by atoms with E-state index < -0.39 is 0 Å². The minimum absolute atomic E-state index is 0.287. The van der Waals surface area contributed by atoms with Gasteiger partial charge in [0.2, 0.25) is 5.88 Å². The summed E-state index contributed by atoms with van der Waals surface area (Å²) in [4.78, 5) is 4.12. The van der Waals surface area contributed by atoms with Gasteiger partial charge in [-0.2, -0.15) is 0 Å². The van der Waals surface area contributed by atoms with E-state index in [0.29, 0.717) is 5.88 Å². The second kappa shape index (κ2) is 6.14. The summed E-state index contributed by atoms with van der Waals surface area (Å²) in [5.74, 6) is 1.68. The summed E-state index contributed by atoms with van der Waals surface area (Å²) in [6.07, 6.45) is 2.78. The highest BCUT2D eigenvalue weighted by Gasteiger charge is 2.14. The molecule has 0 spiro atoms. The van der Waals surface area contributed by atoms with Gasteiger partial charge in [0.15, 0.2) is 0 Å². The normalized spacial score (nSPS) is 14.4. The van der Waals surface area contributed by atoms with Crippen molar-refractivity contribution in [3.63, 3.8) is 0 Å². The summed E-state index contributed by atoms with van der Waals surface area (Å²) >= 11 is 0. The van der Waals surface area contributed by atoms with Crippen molar-refractivity contribution in [1.82, 2.24) is 10.3 Å². The first-order chi connectivity index (χ1) is 10.3. The molecule has 0 saturated carbocycles. The van der Waals surface area contributed by atoms with Crippen LogP contribution in [0.3, 0.4) is 0 Å². The van der Waals surface area contributed by atoms with Crippen LogP contribution >= 0.6 is 0 Å². The molecule has 110 valence electrons. The third kappa shape index (κ3) is 3.16. The number of aromatic nitrogens is 1. The Morgan fingerprint density at radius 1 is 1.33 bits per heavy atom. The molecular formula is C17H20N2O2. The van der Waals surface area contributed by atoms with Crippen molar-refractivity contribution in [2.75, 3.05) is 13.7 Å². The van der Waals surface area contributed by atoms with Crippen molar-refractivity contribution in [2.45, 2.75) is 25.9 Å². The Labute approximate surface area is 125 Å². The monoisotopic (exact) mass is 284 g/mol. The average molecular weight is 284 g/mol. The lowest BCUT2D eigenvalue weighted by Crippen LogP contribution is -2.18. The fourth-order valence-electron chi connectivity index (χ4n) is 2.54. The van der Waals surface area contributed by atoms with Crippen LogP contribution in [0, 0.1) is 0 Å². The Morgan fingerprint density at radius 3 is 3.10 bits per heavy atom. The average Bonchev–Trinajstić information content (AvgIpc) is 3.00.